The molecule has 1 fully saturated rings. The van der Waals surface area contributed by atoms with Crippen molar-refractivity contribution in [3.05, 3.63) is 52.6 Å². The molecule has 1 amide bonds. The molecule has 28 heavy (non-hydrogen) atoms. The van der Waals surface area contributed by atoms with Crippen LogP contribution >= 0.6 is 11.6 Å². The topological polar surface area (TPSA) is 63.1 Å². The van der Waals surface area contributed by atoms with Crippen molar-refractivity contribution >= 4 is 23.6 Å². The summed E-state index contributed by atoms with van der Waals surface area (Å²) in [5.41, 5.74) is 1.11. The highest BCUT2D eigenvalue weighted by atomic mass is 35.5. The minimum absolute atomic E-state index is 0.123. The van der Waals surface area contributed by atoms with Gasteiger partial charge in [0.15, 0.2) is 5.82 Å². The molecule has 4 rings (SSSR count). The van der Waals surface area contributed by atoms with Crippen molar-refractivity contribution in [2.75, 3.05) is 19.6 Å². The number of fused-ring (bicyclic) bond motifs is 1. The Kier molecular flexibility index (Phi) is 5.78. The number of halogens is 1. The van der Waals surface area contributed by atoms with Gasteiger partial charge in [-0.3, -0.25) is 9.69 Å². The van der Waals surface area contributed by atoms with Crippen LogP contribution < -0.4 is 5.32 Å². The highest BCUT2D eigenvalue weighted by Gasteiger charge is 2.31. The van der Waals surface area contributed by atoms with Crippen molar-refractivity contribution < 1.29 is 4.79 Å². The van der Waals surface area contributed by atoms with Crippen LogP contribution in [0.1, 0.15) is 43.0 Å². The first-order valence-electron chi connectivity index (χ1n) is 9.96. The van der Waals surface area contributed by atoms with E-state index in [0.717, 1.165) is 67.7 Å². The van der Waals surface area contributed by atoms with Crippen LogP contribution in [0.3, 0.4) is 0 Å². The Bertz CT molecular complexity index is 859. The summed E-state index contributed by atoms with van der Waals surface area (Å²) in [6.07, 6.45) is 4.85. The molecular formula is C21H26ClN5O. The van der Waals surface area contributed by atoms with E-state index < -0.39 is 0 Å². The molecule has 1 atom stereocenters. The van der Waals surface area contributed by atoms with E-state index in [4.69, 9.17) is 11.6 Å². The number of nitrogens with one attached hydrogen (secondary N) is 1. The fraction of sp³-hybridized carbons (Fsp3) is 0.476. The molecule has 148 valence electrons. The maximum Gasteiger partial charge on any atom is 0.223 e. The van der Waals surface area contributed by atoms with Crippen LogP contribution in [0.5, 0.6) is 0 Å². The number of aromatic nitrogens is 3. The number of rotatable bonds is 6. The highest BCUT2D eigenvalue weighted by molar-refractivity contribution is 6.31. The first-order valence-corrected chi connectivity index (χ1v) is 10.3. The molecule has 1 saturated carbocycles. The molecule has 0 spiro atoms. The lowest BCUT2D eigenvalue weighted by Crippen LogP contribution is -2.31. The summed E-state index contributed by atoms with van der Waals surface area (Å²) in [5, 5.41) is 12.6. The van der Waals surface area contributed by atoms with E-state index in [1.165, 1.54) is 0 Å². The van der Waals surface area contributed by atoms with Crippen LogP contribution in [0.4, 0.5) is 0 Å². The third-order valence-corrected chi connectivity index (χ3v) is 5.57. The summed E-state index contributed by atoms with van der Waals surface area (Å²) >= 11 is 6.50. The van der Waals surface area contributed by atoms with Gasteiger partial charge in [-0.1, -0.05) is 41.9 Å². The number of hydrogen-bond acceptors (Lipinski definition) is 4. The molecule has 2 aliphatic rings. The lowest BCUT2D eigenvalue weighted by Gasteiger charge is -2.19. The summed E-state index contributed by atoms with van der Waals surface area (Å²) in [6.45, 7) is 5.27. The van der Waals surface area contributed by atoms with Gasteiger partial charge in [-0.15, -0.1) is 10.2 Å². The minimum atomic E-state index is -0.123. The summed E-state index contributed by atoms with van der Waals surface area (Å²) in [6, 6.07) is 10.0. The second-order valence-electron chi connectivity index (χ2n) is 7.66. The van der Waals surface area contributed by atoms with E-state index in [0.29, 0.717) is 0 Å². The molecule has 2 heterocycles. The van der Waals surface area contributed by atoms with E-state index in [1.54, 1.807) is 0 Å². The van der Waals surface area contributed by atoms with Crippen LogP contribution in [-0.4, -0.2) is 45.2 Å². The third kappa shape index (κ3) is 4.62. The first-order chi connectivity index (χ1) is 13.6. The summed E-state index contributed by atoms with van der Waals surface area (Å²) in [5.74, 6) is 2.16. The number of carbonyl (C=O) groups excluding carboxylic acids is 1. The predicted octanol–water partition coefficient (Wildman–Crippen LogP) is 3.00. The van der Waals surface area contributed by atoms with Crippen molar-refractivity contribution in [3.63, 3.8) is 0 Å². The van der Waals surface area contributed by atoms with Crippen LogP contribution in [0.25, 0.3) is 6.08 Å². The van der Waals surface area contributed by atoms with Gasteiger partial charge in [-0.25, -0.2) is 0 Å². The molecule has 2 aromatic rings. The van der Waals surface area contributed by atoms with Gasteiger partial charge in [-0.2, -0.15) is 0 Å². The van der Waals surface area contributed by atoms with E-state index >= 15 is 0 Å². The van der Waals surface area contributed by atoms with E-state index in [9.17, 15) is 4.79 Å². The van der Waals surface area contributed by atoms with Gasteiger partial charge in [0.2, 0.25) is 5.91 Å². The molecular weight excluding hydrogens is 374 g/mol. The average Bonchev–Trinajstić information content (AvgIpc) is 3.48. The Morgan fingerprint density at radius 1 is 1.25 bits per heavy atom. The number of carbonyl (C=O) groups is 1. The van der Waals surface area contributed by atoms with Crippen molar-refractivity contribution in [1.82, 2.24) is 25.0 Å². The maximum atomic E-state index is 12.1. The second kappa shape index (κ2) is 8.45. The zero-order chi connectivity index (χ0) is 19.5. The van der Waals surface area contributed by atoms with Crippen molar-refractivity contribution in [2.45, 2.75) is 38.8 Å². The second-order valence-corrected chi connectivity index (χ2v) is 8.14. The van der Waals surface area contributed by atoms with Crippen LogP contribution in [-0.2, 0) is 17.8 Å². The SMILES string of the molecule is C[C@@H](NC(=O)C1CC1)c1nnc2n1CCN(C/C(Cl)=C/c1ccccc1)CC2. The largest absolute Gasteiger partial charge is 0.346 e. The lowest BCUT2D eigenvalue weighted by atomic mass is 10.2. The van der Waals surface area contributed by atoms with Crippen molar-refractivity contribution in [2.24, 2.45) is 5.92 Å². The molecule has 0 radical (unpaired) electrons. The predicted molar refractivity (Wildman–Crippen MR) is 110 cm³/mol. The lowest BCUT2D eigenvalue weighted by molar-refractivity contribution is -0.123. The van der Waals surface area contributed by atoms with Gasteiger partial charge in [0.05, 0.1) is 6.04 Å². The number of hydrogen-bond donors (Lipinski definition) is 1. The Balaban J connectivity index is 1.38. The molecule has 0 unspecified atom stereocenters. The highest BCUT2D eigenvalue weighted by Crippen LogP contribution is 2.29. The van der Waals surface area contributed by atoms with Gasteiger partial charge < -0.3 is 9.88 Å². The Morgan fingerprint density at radius 2 is 2.04 bits per heavy atom. The standard InChI is InChI=1S/C21H26ClN5O/c1-15(23-21(28)17-7-8-17)20-25-24-19-9-10-26(11-12-27(19)20)14-18(22)13-16-5-3-2-4-6-16/h2-6,13,15,17H,7-12,14H2,1H3,(H,23,28)/b18-13-/t15-/m1/s1. The smallest absolute Gasteiger partial charge is 0.223 e. The maximum absolute atomic E-state index is 12.1. The van der Waals surface area contributed by atoms with Crippen molar-refractivity contribution in [1.29, 1.82) is 0 Å². The molecule has 6 nitrogen and oxygen atoms in total. The zero-order valence-corrected chi connectivity index (χ0v) is 16.9. The summed E-state index contributed by atoms with van der Waals surface area (Å²) in [4.78, 5) is 14.4. The Hall–Kier alpha value is -2.18. The normalized spacial score (nSPS) is 19.0. The van der Waals surface area contributed by atoms with Crippen LogP contribution in [0.2, 0.25) is 0 Å². The van der Waals surface area contributed by atoms with Crippen molar-refractivity contribution in [3.8, 4) is 0 Å². The number of benzene rings is 1. The molecule has 0 bridgehead atoms. The fourth-order valence-electron chi connectivity index (χ4n) is 3.60. The van der Waals surface area contributed by atoms with E-state index in [2.05, 4.69) is 37.1 Å². The average molecular weight is 400 g/mol. The molecule has 7 heteroatoms. The molecule has 1 aromatic heterocycles. The van der Waals surface area contributed by atoms with Gasteiger partial charge in [0, 0.05) is 43.6 Å². The number of amides is 1. The molecule has 0 saturated heterocycles. The Labute approximate surface area is 170 Å². The molecule has 1 aliphatic carbocycles. The Morgan fingerprint density at radius 3 is 2.79 bits per heavy atom. The van der Waals surface area contributed by atoms with Crippen LogP contribution in [0.15, 0.2) is 35.4 Å². The molecule has 1 N–H and O–H groups in total. The fourth-order valence-corrected chi connectivity index (χ4v) is 3.89. The molecule has 1 aromatic carbocycles. The van der Waals surface area contributed by atoms with Gasteiger partial charge in [-0.05, 0) is 31.4 Å². The molecule has 1 aliphatic heterocycles. The first kappa shape index (κ1) is 19.2. The van der Waals surface area contributed by atoms with Gasteiger partial charge >= 0.3 is 0 Å². The monoisotopic (exact) mass is 399 g/mol. The minimum Gasteiger partial charge on any atom is -0.346 e. The van der Waals surface area contributed by atoms with Gasteiger partial charge in [0.1, 0.15) is 5.82 Å². The zero-order valence-electron chi connectivity index (χ0n) is 16.1. The quantitative estimate of drug-likeness (QED) is 0.811. The summed E-state index contributed by atoms with van der Waals surface area (Å²) in [7, 11) is 0. The van der Waals surface area contributed by atoms with Gasteiger partial charge in [0.25, 0.3) is 0 Å². The summed E-state index contributed by atoms with van der Waals surface area (Å²) < 4.78 is 2.16. The van der Waals surface area contributed by atoms with E-state index in [1.807, 2.05) is 31.2 Å². The van der Waals surface area contributed by atoms with E-state index in [-0.39, 0.29) is 17.9 Å². The van der Waals surface area contributed by atoms with Crippen LogP contribution in [0, 0.1) is 5.92 Å². The third-order valence-electron chi connectivity index (χ3n) is 5.34. The number of nitrogens with zero attached hydrogens (tertiary/aromatic N) is 4.